The SMILES string of the molecule is NC(=O)CC(NC(=O)c1cc2cccc(Cl)c2[nH]1)C(=O)O. The zero-order valence-corrected chi connectivity index (χ0v) is 11.5. The van der Waals surface area contributed by atoms with Crippen LogP contribution in [0, 0.1) is 0 Å². The molecule has 0 aliphatic carbocycles. The van der Waals surface area contributed by atoms with Gasteiger partial charge in [0.05, 0.1) is 17.0 Å². The number of aromatic nitrogens is 1. The maximum absolute atomic E-state index is 12.0. The van der Waals surface area contributed by atoms with Gasteiger partial charge in [0.25, 0.3) is 5.91 Å². The second kappa shape index (κ2) is 5.84. The number of aliphatic carboxylic acids is 1. The molecule has 1 atom stereocenters. The summed E-state index contributed by atoms with van der Waals surface area (Å²) >= 11 is 5.98. The average molecular weight is 310 g/mol. The first-order chi connectivity index (χ1) is 9.88. The van der Waals surface area contributed by atoms with E-state index in [1.165, 1.54) is 0 Å². The van der Waals surface area contributed by atoms with Crippen LogP contribution < -0.4 is 11.1 Å². The van der Waals surface area contributed by atoms with E-state index >= 15 is 0 Å². The average Bonchev–Trinajstić information content (AvgIpc) is 2.82. The zero-order chi connectivity index (χ0) is 15.6. The van der Waals surface area contributed by atoms with Gasteiger partial charge in [0, 0.05) is 5.39 Å². The van der Waals surface area contributed by atoms with Crippen LogP contribution >= 0.6 is 11.6 Å². The summed E-state index contributed by atoms with van der Waals surface area (Å²) in [6.07, 6.45) is -0.484. The molecule has 1 unspecified atom stereocenters. The molecule has 0 saturated carbocycles. The fraction of sp³-hybridized carbons (Fsp3) is 0.154. The largest absolute Gasteiger partial charge is 0.480 e. The normalized spacial score (nSPS) is 12.0. The maximum atomic E-state index is 12.0. The van der Waals surface area contributed by atoms with Crippen molar-refractivity contribution in [3.05, 3.63) is 35.0 Å². The van der Waals surface area contributed by atoms with E-state index in [-0.39, 0.29) is 5.69 Å². The van der Waals surface area contributed by atoms with Gasteiger partial charge in [-0.05, 0) is 12.1 Å². The predicted octanol–water partition coefficient (Wildman–Crippen LogP) is 0.880. The topological polar surface area (TPSA) is 125 Å². The monoisotopic (exact) mass is 309 g/mol. The van der Waals surface area contributed by atoms with Gasteiger partial charge in [0.15, 0.2) is 0 Å². The van der Waals surface area contributed by atoms with E-state index < -0.39 is 30.2 Å². The van der Waals surface area contributed by atoms with Crippen LogP contribution in [0.3, 0.4) is 0 Å². The van der Waals surface area contributed by atoms with E-state index in [1.54, 1.807) is 24.3 Å². The number of carbonyl (C=O) groups excluding carboxylic acids is 2. The number of carbonyl (C=O) groups is 3. The van der Waals surface area contributed by atoms with E-state index in [0.29, 0.717) is 10.5 Å². The number of benzene rings is 1. The second-order valence-corrected chi connectivity index (χ2v) is 4.83. The van der Waals surface area contributed by atoms with E-state index in [4.69, 9.17) is 22.4 Å². The van der Waals surface area contributed by atoms with Gasteiger partial charge in [-0.2, -0.15) is 0 Å². The Kier molecular flexibility index (Phi) is 4.13. The molecule has 2 rings (SSSR count). The first-order valence-electron chi connectivity index (χ1n) is 5.97. The summed E-state index contributed by atoms with van der Waals surface area (Å²) in [7, 11) is 0. The van der Waals surface area contributed by atoms with E-state index in [1.807, 2.05) is 0 Å². The number of carboxylic acids is 1. The molecule has 0 bridgehead atoms. The molecule has 2 amide bonds. The molecule has 1 heterocycles. The predicted molar refractivity (Wildman–Crippen MR) is 76.0 cm³/mol. The van der Waals surface area contributed by atoms with Crippen LogP contribution in [-0.2, 0) is 9.59 Å². The molecule has 1 aromatic carbocycles. The zero-order valence-electron chi connectivity index (χ0n) is 10.7. The Bertz CT molecular complexity index is 725. The maximum Gasteiger partial charge on any atom is 0.326 e. The van der Waals surface area contributed by atoms with Crippen LogP contribution in [0.2, 0.25) is 5.02 Å². The summed E-state index contributed by atoms with van der Waals surface area (Å²) in [5, 5.41) is 12.3. The molecule has 0 fully saturated rings. The molecule has 21 heavy (non-hydrogen) atoms. The van der Waals surface area contributed by atoms with Gasteiger partial charge >= 0.3 is 5.97 Å². The highest BCUT2D eigenvalue weighted by Crippen LogP contribution is 2.23. The van der Waals surface area contributed by atoms with Crippen molar-refractivity contribution in [1.82, 2.24) is 10.3 Å². The molecule has 5 N–H and O–H groups in total. The smallest absolute Gasteiger partial charge is 0.326 e. The van der Waals surface area contributed by atoms with Crippen LogP contribution in [-0.4, -0.2) is 33.9 Å². The number of carboxylic acid groups (broad SMARTS) is 1. The lowest BCUT2D eigenvalue weighted by Crippen LogP contribution is -2.43. The van der Waals surface area contributed by atoms with Crippen molar-refractivity contribution in [2.45, 2.75) is 12.5 Å². The fourth-order valence-electron chi connectivity index (χ4n) is 1.88. The van der Waals surface area contributed by atoms with Crippen molar-refractivity contribution in [3.63, 3.8) is 0 Å². The Labute approximate surface area is 124 Å². The number of hydrogen-bond acceptors (Lipinski definition) is 3. The fourth-order valence-corrected chi connectivity index (χ4v) is 2.11. The van der Waals surface area contributed by atoms with Crippen molar-refractivity contribution in [2.24, 2.45) is 5.73 Å². The first-order valence-corrected chi connectivity index (χ1v) is 6.35. The summed E-state index contributed by atoms with van der Waals surface area (Å²) in [4.78, 5) is 36.6. The molecule has 2 aromatic rings. The number of rotatable bonds is 5. The van der Waals surface area contributed by atoms with Gasteiger partial charge in [-0.1, -0.05) is 23.7 Å². The van der Waals surface area contributed by atoms with Gasteiger partial charge in [-0.3, -0.25) is 9.59 Å². The number of amides is 2. The number of primary amides is 1. The first kappa shape index (κ1) is 14.9. The van der Waals surface area contributed by atoms with Gasteiger partial charge in [-0.15, -0.1) is 0 Å². The second-order valence-electron chi connectivity index (χ2n) is 4.42. The molecular formula is C13H12ClN3O4. The van der Waals surface area contributed by atoms with Gasteiger partial charge in [-0.25, -0.2) is 4.79 Å². The van der Waals surface area contributed by atoms with Crippen LogP contribution in [0.25, 0.3) is 10.9 Å². The van der Waals surface area contributed by atoms with E-state index in [2.05, 4.69) is 10.3 Å². The molecule has 1 aromatic heterocycles. The number of para-hydroxylation sites is 1. The van der Waals surface area contributed by atoms with Crippen LogP contribution in [0.15, 0.2) is 24.3 Å². The van der Waals surface area contributed by atoms with Crippen molar-refractivity contribution in [3.8, 4) is 0 Å². The number of fused-ring (bicyclic) bond motifs is 1. The van der Waals surface area contributed by atoms with Crippen LogP contribution in [0.4, 0.5) is 0 Å². The van der Waals surface area contributed by atoms with Gasteiger partial charge in [0.2, 0.25) is 5.91 Å². The minimum Gasteiger partial charge on any atom is -0.480 e. The quantitative estimate of drug-likeness (QED) is 0.654. The molecule has 7 nitrogen and oxygen atoms in total. The summed E-state index contributed by atoms with van der Waals surface area (Å²) < 4.78 is 0. The molecule has 0 aliphatic rings. The number of nitrogens with one attached hydrogen (secondary N) is 2. The van der Waals surface area contributed by atoms with Crippen molar-refractivity contribution >= 4 is 40.3 Å². The number of H-pyrrole nitrogens is 1. The van der Waals surface area contributed by atoms with Crippen molar-refractivity contribution in [2.75, 3.05) is 0 Å². The van der Waals surface area contributed by atoms with E-state index in [9.17, 15) is 14.4 Å². The number of halogens is 1. The Hall–Kier alpha value is -2.54. The Morgan fingerprint density at radius 2 is 2.10 bits per heavy atom. The number of nitrogens with two attached hydrogens (primary N) is 1. The summed E-state index contributed by atoms with van der Waals surface area (Å²) in [6.45, 7) is 0. The number of hydrogen-bond donors (Lipinski definition) is 4. The third kappa shape index (κ3) is 3.32. The highest BCUT2D eigenvalue weighted by atomic mass is 35.5. The summed E-state index contributed by atoms with van der Waals surface area (Å²) in [5.41, 5.74) is 5.67. The molecule has 110 valence electrons. The third-order valence-corrected chi connectivity index (χ3v) is 3.17. The summed E-state index contributed by atoms with van der Waals surface area (Å²) in [6, 6.07) is 5.31. The molecular weight excluding hydrogens is 298 g/mol. The lowest BCUT2D eigenvalue weighted by molar-refractivity contribution is -0.140. The molecule has 0 saturated heterocycles. The Morgan fingerprint density at radius 1 is 1.38 bits per heavy atom. The highest BCUT2D eigenvalue weighted by Gasteiger charge is 2.23. The minimum atomic E-state index is -1.38. The van der Waals surface area contributed by atoms with Crippen LogP contribution in [0.1, 0.15) is 16.9 Å². The van der Waals surface area contributed by atoms with E-state index in [0.717, 1.165) is 5.39 Å². The standard InChI is InChI=1S/C13H12ClN3O4/c14-7-3-1-2-6-4-8(16-11(6)7)12(19)17-9(13(20)21)5-10(15)18/h1-4,9,16H,5H2,(H2,15,18)(H,17,19)(H,20,21). The minimum absolute atomic E-state index is 0.147. The Morgan fingerprint density at radius 3 is 2.67 bits per heavy atom. The lowest BCUT2D eigenvalue weighted by Gasteiger charge is -2.11. The van der Waals surface area contributed by atoms with Gasteiger partial charge in [0.1, 0.15) is 11.7 Å². The highest BCUT2D eigenvalue weighted by molar-refractivity contribution is 6.35. The molecule has 8 heteroatoms. The lowest BCUT2D eigenvalue weighted by atomic mass is 10.2. The van der Waals surface area contributed by atoms with Crippen molar-refractivity contribution < 1.29 is 19.5 Å². The third-order valence-electron chi connectivity index (χ3n) is 2.86. The Balaban J connectivity index is 2.23. The van der Waals surface area contributed by atoms with Crippen molar-refractivity contribution in [1.29, 1.82) is 0 Å². The van der Waals surface area contributed by atoms with Crippen LogP contribution in [0.5, 0.6) is 0 Å². The molecule has 0 aliphatic heterocycles. The number of aromatic amines is 1. The van der Waals surface area contributed by atoms with Gasteiger partial charge < -0.3 is 21.1 Å². The summed E-state index contributed by atoms with van der Waals surface area (Å²) in [5.74, 6) is -2.81. The molecule has 0 radical (unpaired) electrons. The molecule has 0 spiro atoms.